The molecule has 4 heterocycles. The van der Waals surface area contributed by atoms with Crippen LogP contribution in [0.2, 0.25) is 0 Å². The van der Waals surface area contributed by atoms with Crippen LogP contribution in [0.4, 0.5) is 0 Å². The van der Waals surface area contributed by atoms with E-state index in [1.54, 1.807) is 51.1 Å². The predicted molar refractivity (Wildman–Crippen MR) is 409 cm³/mol. The Labute approximate surface area is 661 Å². The second-order valence-electron chi connectivity index (χ2n) is 29.5. The summed E-state index contributed by atoms with van der Waals surface area (Å²) in [6, 6.07) is 1.81. The molecule has 2 aromatic carbocycles. The van der Waals surface area contributed by atoms with Gasteiger partial charge in [0, 0.05) is 51.4 Å². The first-order valence-electron chi connectivity index (χ1n) is 39.1. The van der Waals surface area contributed by atoms with E-state index in [1.807, 2.05) is 30.3 Å². The number of nitrogens with zero attached hydrogens (tertiary/aromatic N) is 4. The zero-order valence-electron chi connectivity index (χ0n) is 64.9. The Balaban J connectivity index is 1.10. The third-order valence-electron chi connectivity index (χ3n) is 20.6. The van der Waals surface area contributed by atoms with Crippen molar-refractivity contribution in [2.75, 3.05) is 65.6 Å². The normalized spacial score (nSPS) is 18.9. The van der Waals surface area contributed by atoms with Gasteiger partial charge in [-0.3, -0.25) is 81.5 Å². The molecule has 4 aliphatic heterocycles. The summed E-state index contributed by atoms with van der Waals surface area (Å²) >= 11 is 0. The SMILES string of the molecule is CC(C)[C@H](NC(=O)[C@@H]1CCCN1C(=O)[C@@H]1CCCN1C(=O)[C@@H](CCCCN)NC(=O)[C@H](CO)NC(=O)[C@H](CCC(=O)O)NC(=O)[C@@H]1CCCN1C(=O)[C@H](CCCCN)NC(=O)[C@H](CCC(N)=O)NC(=O)[C@H](Cc1ccccc1)NC(=O)[C@@H](C)Cc1ccccc1)C(=O)N1CCC[C@H]1C(=O)NCC(=O)NCC(=O)N[C@@H](CO)C(N)=O. The lowest BCUT2D eigenvalue weighted by molar-refractivity contribution is -0.149. The fourth-order valence-electron chi connectivity index (χ4n) is 14.3. The minimum atomic E-state index is -1.84. The summed E-state index contributed by atoms with van der Waals surface area (Å²) in [6.07, 6.45) is 1.50. The molecule has 4 saturated heterocycles. The van der Waals surface area contributed by atoms with E-state index >= 15 is 0 Å². The van der Waals surface area contributed by atoms with Crippen LogP contribution in [-0.4, -0.2) is 273 Å². The molecule has 4 fully saturated rings. The monoisotopic (exact) mass is 1600 g/mol. The maximum absolute atomic E-state index is 14.8. The lowest BCUT2D eigenvalue weighted by Gasteiger charge is -2.34. The van der Waals surface area contributed by atoms with Crippen molar-refractivity contribution in [1.29, 1.82) is 0 Å². The van der Waals surface area contributed by atoms with E-state index in [4.69, 9.17) is 22.9 Å². The molecule has 0 unspecified atom stereocenters. The van der Waals surface area contributed by atoms with Gasteiger partial charge in [0.15, 0.2) is 0 Å². The molecule has 0 bridgehead atoms. The Hall–Kier alpha value is -10.7. The smallest absolute Gasteiger partial charge is 0.303 e. The van der Waals surface area contributed by atoms with Gasteiger partial charge in [-0.2, -0.15) is 0 Å². The first-order valence-corrected chi connectivity index (χ1v) is 39.1. The fraction of sp³-hybridized carbons (Fsp3) is 0.618. The van der Waals surface area contributed by atoms with E-state index in [0.717, 1.165) is 5.56 Å². The Kier molecular flexibility index (Phi) is 37.5. The van der Waals surface area contributed by atoms with E-state index in [-0.39, 0.29) is 116 Å². The average molecular weight is 1600 g/mol. The molecule has 38 heteroatoms. The van der Waals surface area contributed by atoms with Crippen LogP contribution in [0.3, 0.4) is 0 Å². The number of carboxylic acids is 1. The summed E-state index contributed by atoms with van der Waals surface area (Å²) in [7, 11) is 0. The summed E-state index contributed by atoms with van der Waals surface area (Å²) < 4.78 is 0. The lowest BCUT2D eigenvalue weighted by atomic mass is 9.98. The lowest BCUT2D eigenvalue weighted by Crippen LogP contribution is -2.61. The largest absolute Gasteiger partial charge is 0.481 e. The molecular formula is C76H114N18O20. The van der Waals surface area contributed by atoms with E-state index in [1.165, 1.54) is 19.6 Å². The second-order valence-corrected chi connectivity index (χ2v) is 29.5. The maximum atomic E-state index is 14.8. The van der Waals surface area contributed by atoms with Gasteiger partial charge in [0.25, 0.3) is 0 Å². The Morgan fingerprint density at radius 3 is 1.35 bits per heavy atom. The van der Waals surface area contributed by atoms with Gasteiger partial charge in [0.2, 0.25) is 94.5 Å². The third-order valence-corrected chi connectivity index (χ3v) is 20.6. The molecule has 0 saturated carbocycles. The van der Waals surface area contributed by atoms with Crippen LogP contribution in [0.5, 0.6) is 0 Å². The number of amides is 16. The summed E-state index contributed by atoms with van der Waals surface area (Å²) in [4.78, 5) is 238. The number of aliphatic hydroxyl groups excluding tert-OH is 2. The van der Waals surface area contributed by atoms with Gasteiger partial charge >= 0.3 is 5.97 Å². The van der Waals surface area contributed by atoms with E-state index in [0.29, 0.717) is 44.1 Å². The Morgan fingerprint density at radius 2 is 0.842 bits per heavy atom. The molecule has 21 N–H and O–H groups in total. The first kappa shape index (κ1) is 92.1. The topological polar surface area (TPSA) is 588 Å². The molecular weight excluding hydrogens is 1480 g/mol. The van der Waals surface area contributed by atoms with Crippen molar-refractivity contribution in [2.45, 2.75) is 222 Å². The molecule has 16 amide bonds. The molecule has 2 aromatic rings. The highest BCUT2D eigenvalue weighted by Gasteiger charge is 2.47. The molecule has 628 valence electrons. The minimum Gasteiger partial charge on any atom is -0.481 e. The number of rotatable bonds is 46. The average Bonchev–Trinajstić information content (AvgIpc) is 1.63. The number of likely N-dealkylation sites (tertiary alicyclic amines) is 4. The number of hydrogen-bond acceptors (Lipinski definition) is 21. The number of aliphatic hydroxyl groups is 2. The number of nitrogens with two attached hydrogens (primary N) is 4. The standard InChI is InChI=1S/C76H114N18O20/c1-44(2)63(76(114)93-36-14-24-55(93)70(108)82-40-60(98)81-41-61(99)83-53(42-95)64(80)102)90-72(110)57-26-16-35-92(57)75(113)58-27-17-37-94(58)74(112)51(23-11-13-33-78)87-69(107)54(43-96)89-67(105)49(29-31-62(100)101)85-71(109)56-25-15-34-91(56)73(111)50(22-10-12-32-77)86-66(104)48(28-30-59(79)97)84-68(106)52(39-47-20-8-5-9-21-47)88-65(103)45(3)38-46-18-6-4-7-19-46/h4-9,18-21,44-45,48-58,63,95-96H,10-17,22-43,77-78H2,1-3H3,(H2,79,97)(H2,80,102)(H,81,98)(H,82,108)(H,83,99)(H,84,106)(H,85,109)(H,86,104)(H,87,107)(H,88,103)(H,89,105)(H,90,110)(H,100,101)/t45-,48-,49-,50-,51+,52-,53-,54-,55-,56-,57-,58-,63-/m0/s1. The number of unbranched alkanes of at least 4 members (excludes halogenated alkanes) is 2. The van der Waals surface area contributed by atoms with Gasteiger partial charge in [0.05, 0.1) is 26.3 Å². The quantitative estimate of drug-likeness (QED) is 0.0275. The summed E-state index contributed by atoms with van der Waals surface area (Å²) in [5, 5.41) is 55.1. The number of carboxylic acid groups (broad SMARTS) is 1. The van der Waals surface area contributed by atoms with E-state index in [9.17, 15) is 96.8 Å². The second kappa shape index (κ2) is 46.4. The van der Waals surface area contributed by atoms with E-state index in [2.05, 4.69) is 53.2 Å². The van der Waals surface area contributed by atoms with Crippen LogP contribution in [0.25, 0.3) is 0 Å². The van der Waals surface area contributed by atoms with Crippen LogP contribution in [0.1, 0.15) is 147 Å². The molecule has 114 heavy (non-hydrogen) atoms. The molecule has 0 radical (unpaired) electrons. The van der Waals surface area contributed by atoms with E-state index < -0.39 is 224 Å². The van der Waals surface area contributed by atoms with Gasteiger partial charge in [0.1, 0.15) is 72.5 Å². The number of carbonyl (C=O) groups is 17. The molecule has 13 atom stereocenters. The maximum Gasteiger partial charge on any atom is 0.303 e. The Bertz CT molecular complexity index is 3690. The van der Waals surface area contributed by atoms with Gasteiger partial charge < -0.3 is 111 Å². The van der Waals surface area contributed by atoms with Crippen LogP contribution in [-0.2, 0) is 94.3 Å². The number of carbonyl (C=O) groups excluding carboxylic acids is 16. The zero-order valence-corrected chi connectivity index (χ0v) is 64.9. The van der Waals surface area contributed by atoms with Gasteiger partial charge in [-0.1, -0.05) is 81.4 Å². The summed E-state index contributed by atoms with van der Waals surface area (Å²) in [6.45, 7) is 2.60. The van der Waals surface area contributed by atoms with Crippen molar-refractivity contribution in [3.05, 3.63) is 71.8 Å². The van der Waals surface area contributed by atoms with Crippen LogP contribution < -0.4 is 76.1 Å². The molecule has 0 aliphatic carbocycles. The van der Waals surface area contributed by atoms with Crippen molar-refractivity contribution in [3.63, 3.8) is 0 Å². The number of hydrogen-bond donors (Lipinski definition) is 17. The van der Waals surface area contributed by atoms with Gasteiger partial charge in [-0.15, -0.1) is 0 Å². The molecule has 38 nitrogen and oxygen atoms in total. The molecule has 0 aromatic heterocycles. The first-order chi connectivity index (χ1) is 54.4. The van der Waals surface area contributed by atoms with Crippen molar-refractivity contribution < 1.29 is 96.8 Å². The summed E-state index contributed by atoms with van der Waals surface area (Å²) in [5.74, 6) is -15.3. The zero-order chi connectivity index (χ0) is 83.7. The highest BCUT2D eigenvalue weighted by Crippen LogP contribution is 2.28. The minimum absolute atomic E-state index is 0.00219. The molecule has 4 aliphatic rings. The highest BCUT2D eigenvalue weighted by molar-refractivity contribution is 6.01. The highest BCUT2D eigenvalue weighted by atomic mass is 16.4. The van der Waals surface area contributed by atoms with Crippen molar-refractivity contribution in [3.8, 4) is 0 Å². The van der Waals surface area contributed by atoms with Gasteiger partial charge in [-0.25, -0.2) is 0 Å². The van der Waals surface area contributed by atoms with Crippen LogP contribution in [0.15, 0.2) is 60.7 Å². The number of primary amides is 2. The Morgan fingerprint density at radius 1 is 0.421 bits per heavy atom. The number of aliphatic carboxylic acids is 1. The number of benzene rings is 2. The van der Waals surface area contributed by atoms with Crippen LogP contribution in [0, 0.1) is 11.8 Å². The van der Waals surface area contributed by atoms with Crippen molar-refractivity contribution in [1.82, 2.24) is 72.8 Å². The summed E-state index contributed by atoms with van der Waals surface area (Å²) in [5.41, 5.74) is 23.9. The van der Waals surface area contributed by atoms with Crippen LogP contribution >= 0.6 is 0 Å². The van der Waals surface area contributed by atoms with Gasteiger partial charge in [-0.05, 0) is 139 Å². The third kappa shape index (κ3) is 27.8. The fourth-order valence-corrected chi connectivity index (χ4v) is 14.3. The molecule has 0 spiro atoms. The molecule has 6 rings (SSSR count). The predicted octanol–water partition coefficient (Wildman–Crippen LogP) is -5.30. The number of nitrogens with one attached hydrogen (secondary N) is 10. The van der Waals surface area contributed by atoms with Crippen molar-refractivity contribution in [2.24, 2.45) is 34.8 Å². The van der Waals surface area contributed by atoms with Crippen molar-refractivity contribution >= 4 is 100 Å².